The first-order valence-electron chi connectivity index (χ1n) is 3.67. The molecule has 0 rings (SSSR count). The summed E-state index contributed by atoms with van der Waals surface area (Å²) in [4.78, 5) is 42.5. The lowest BCUT2D eigenvalue weighted by Crippen LogP contribution is -2.27. The number of Topliss-reactive ketones (excluding diaryl/α,β-unsaturated/α-hetero) is 2. The van der Waals surface area contributed by atoms with Crippen molar-refractivity contribution in [3.63, 3.8) is 0 Å². The van der Waals surface area contributed by atoms with Gasteiger partial charge in [0, 0.05) is 12.8 Å². The van der Waals surface area contributed by atoms with E-state index in [9.17, 15) is 19.2 Å². The number of carbonyl (C=O) groups excluding carboxylic acids is 4. The van der Waals surface area contributed by atoms with Crippen molar-refractivity contribution in [3.05, 3.63) is 0 Å². The molecule has 0 aromatic rings. The third-order valence-electron chi connectivity index (χ3n) is 1.20. The predicted molar refractivity (Wildman–Crippen MR) is 41.6 cm³/mol. The molecule has 0 bridgehead atoms. The van der Waals surface area contributed by atoms with Gasteiger partial charge in [-0.25, -0.2) is 9.59 Å². The Morgan fingerprint density at radius 3 is 1.77 bits per heavy atom. The maximum absolute atomic E-state index is 10.9. The SMILES string of the molecule is CC(=O)C(=O)OC(=O)C(=O)C(C)C. The molecule has 0 heterocycles. The van der Waals surface area contributed by atoms with E-state index in [2.05, 4.69) is 4.74 Å². The van der Waals surface area contributed by atoms with Crippen LogP contribution in [0.3, 0.4) is 0 Å². The van der Waals surface area contributed by atoms with Gasteiger partial charge >= 0.3 is 11.9 Å². The second-order valence-electron chi connectivity index (χ2n) is 2.75. The summed E-state index contributed by atoms with van der Waals surface area (Å²) >= 11 is 0. The van der Waals surface area contributed by atoms with Crippen LogP contribution in [0.5, 0.6) is 0 Å². The minimum atomic E-state index is -1.31. The monoisotopic (exact) mass is 186 g/mol. The van der Waals surface area contributed by atoms with Gasteiger partial charge in [-0.3, -0.25) is 9.59 Å². The molecule has 0 saturated heterocycles. The molecule has 5 nitrogen and oxygen atoms in total. The first-order valence-corrected chi connectivity index (χ1v) is 3.67. The molecule has 0 unspecified atom stereocenters. The molecule has 0 aromatic heterocycles. The van der Waals surface area contributed by atoms with Crippen molar-refractivity contribution >= 4 is 23.5 Å². The van der Waals surface area contributed by atoms with Gasteiger partial charge in [0.05, 0.1) is 0 Å². The zero-order valence-electron chi connectivity index (χ0n) is 7.62. The molecular weight excluding hydrogens is 176 g/mol. The summed E-state index contributed by atoms with van der Waals surface area (Å²) in [5.74, 6) is -4.87. The Bertz CT molecular complexity index is 264. The lowest BCUT2D eigenvalue weighted by Gasteiger charge is -2.01. The molecule has 0 radical (unpaired) electrons. The highest BCUT2D eigenvalue weighted by molar-refractivity contribution is 6.41. The number of hydrogen-bond donors (Lipinski definition) is 0. The molecular formula is C8H10O5. The number of ether oxygens (including phenoxy) is 1. The van der Waals surface area contributed by atoms with E-state index in [1.807, 2.05) is 0 Å². The van der Waals surface area contributed by atoms with E-state index >= 15 is 0 Å². The molecule has 0 fully saturated rings. The topological polar surface area (TPSA) is 77.5 Å². The van der Waals surface area contributed by atoms with Crippen LogP contribution in [-0.4, -0.2) is 23.5 Å². The van der Waals surface area contributed by atoms with Gasteiger partial charge < -0.3 is 4.74 Å². The fraction of sp³-hybridized carbons (Fsp3) is 0.500. The van der Waals surface area contributed by atoms with Gasteiger partial charge in [-0.05, 0) is 0 Å². The normalized spacial score (nSPS) is 9.54. The van der Waals surface area contributed by atoms with Gasteiger partial charge in [0.1, 0.15) is 0 Å². The average molecular weight is 186 g/mol. The highest BCUT2D eigenvalue weighted by Gasteiger charge is 2.23. The van der Waals surface area contributed by atoms with Gasteiger partial charge in [0.25, 0.3) is 0 Å². The lowest BCUT2D eigenvalue weighted by atomic mass is 10.1. The second-order valence-corrected chi connectivity index (χ2v) is 2.75. The van der Waals surface area contributed by atoms with Crippen molar-refractivity contribution in [2.75, 3.05) is 0 Å². The Labute approximate surface area is 75.1 Å². The zero-order valence-corrected chi connectivity index (χ0v) is 7.62. The van der Waals surface area contributed by atoms with E-state index < -0.39 is 29.4 Å². The Kier molecular flexibility index (Phi) is 3.97. The summed E-state index contributed by atoms with van der Waals surface area (Å²) in [5, 5.41) is 0. The van der Waals surface area contributed by atoms with Crippen molar-refractivity contribution in [1.29, 1.82) is 0 Å². The molecule has 0 saturated carbocycles. The maximum Gasteiger partial charge on any atom is 0.382 e. The zero-order chi connectivity index (χ0) is 10.6. The summed E-state index contributed by atoms with van der Waals surface area (Å²) in [6, 6.07) is 0. The molecule has 0 amide bonds. The number of hydrogen-bond acceptors (Lipinski definition) is 5. The van der Waals surface area contributed by atoms with Crippen LogP contribution in [0, 0.1) is 5.92 Å². The van der Waals surface area contributed by atoms with Gasteiger partial charge in [-0.15, -0.1) is 0 Å². The van der Waals surface area contributed by atoms with Crippen LogP contribution in [0.15, 0.2) is 0 Å². The molecule has 0 aliphatic rings. The molecule has 0 atom stereocenters. The quantitative estimate of drug-likeness (QED) is 0.348. The van der Waals surface area contributed by atoms with Crippen LogP contribution < -0.4 is 0 Å². The number of rotatable bonds is 3. The van der Waals surface area contributed by atoms with Crippen LogP contribution in [-0.2, 0) is 23.9 Å². The minimum absolute atomic E-state index is 0.549. The van der Waals surface area contributed by atoms with E-state index in [0.29, 0.717) is 0 Å². The smallest absolute Gasteiger partial charge is 0.381 e. The molecule has 0 aromatic carbocycles. The second kappa shape index (κ2) is 4.49. The van der Waals surface area contributed by atoms with Crippen molar-refractivity contribution in [2.24, 2.45) is 5.92 Å². The Balaban J connectivity index is 4.25. The van der Waals surface area contributed by atoms with E-state index in [-0.39, 0.29) is 0 Å². The Hall–Kier alpha value is -1.52. The largest absolute Gasteiger partial charge is 0.382 e. The standard InChI is InChI=1S/C8H10O5/c1-4(2)6(10)8(12)13-7(11)5(3)9/h4H,1-3H3. The maximum atomic E-state index is 10.9. The minimum Gasteiger partial charge on any atom is -0.381 e. The third-order valence-corrected chi connectivity index (χ3v) is 1.20. The first kappa shape index (κ1) is 11.5. The number of esters is 2. The summed E-state index contributed by atoms with van der Waals surface area (Å²) < 4.78 is 3.96. The summed E-state index contributed by atoms with van der Waals surface area (Å²) in [6.45, 7) is 3.93. The van der Waals surface area contributed by atoms with Crippen molar-refractivity contribution in [2.45, 2.75) is 20.8 Å². The van der Waals surface area contributed by atoms with Crippen molar-refractivity contribution < 1.29 is 23.9 Å². The molecule has 13 heavy (non-hydrogen) atoms. The van der Waals surface area contributed by atoms with E-state index in [0.717, 1.165) is 6.92 Å². The van der Waals surface area contributed by atoms with Gasteiger partial charge in [-0.1, -0.05) is 13.8 Å². The third kappa shape index (κ3) is 3.59. The molecule has 0 aliphatic carbocycles. The van der Waals surface area contributed by atoms with E-state index in [4.69, 9.17) is 0 Å². The Morgan fingerprint density at radius 2 is 1.46 bits per heavy atom. The van der Waals surface area contributed by atoms with Gasteiger partial charge in [0.15, 0.2) is 0 Å². The number of ketones is 2. The fourth-order valence-electron chi connectivity index (χ4n) is 0.442. The van der Waals surface area contributed by atoms with Crippen molar-refractivity contribution in [3.8, 4) is 0 Å². The summed E-state index contributed by atoms with van der Waals surface area (Å²) in [7, 11) is 0. The molecule has 0 N–H and O–H groups in total. The van der Waals surface area contributed by atoms with E-state index in [1.165, 1.54) is 13.8 Å². The van der Waals surface area contributed by atoms with Crippen LogP contribution in [0.2, 0.25) is 0 Å². The van der Waals surface area contributed by atoms with Crippen LogP contribution in [0.25, 0.3) is 0 Å². The summed E-state index contributed by atoms with van der Waals surface area (Å²) in [6.07, 6.45) is 0. The molecule has 0 aliphatic heterocycles. The fourth-order valence-corrected chi connectivity index (χ4v) is 0.442. The molecule has 0 spiro atoms. The Morgan fingerprint density at radius 1 is 1.00 bits per heavy atom. The molecule has 72 valence electrons. The lowest BCUT2D eigenvalue weighted by molar-refractivity contribution is -0.167. The average Bonchev–Trinajstić information content (AvgIpc) is 2.02. The van der Waals surface area contributed by atoms with Gasteiger partial charge in [-0.2, -0.15) is 0 Å². The highest BCUT2D eigenvalue weighted by Crippen LogP contribution is 1.96. The molecule has 5 heteroatoms. The first-order chi connectivity index (χ1) is 5.86. The van der Waals surface area contributed by atoms with E-state index in [1.54, 1.807) is 0 Å². The van der Waals surface area contributed by atoms with Crippen LogP contribution in [0.1, 0.15) is 20.8 Å². The van der Waals surface area contributed by atoms with Crippen LogP contribution >= 0.6 is 0 Å². The number of carbonyl (C=O) groups is 4. The van der Waals surface area contributed by atoms with Crippen LogP contribution in [0.4, 0.5) is 0 Å². The van der Waals surface area contributed by atoms with Crippen molar-refractivity contribution in [1.82, 2.24) is 0 Å². The highest BCUT2D eigenvalue weighted by atomic mass is 16.6. The predicted octanol–water partition coefficient (Wildman–Crippen LogP) is -0.130. The summed E-state index contributed by atoms with van der Waals surface area (Å²) in [5.41, 5.74) is 0. The van der Waals surface area contributed by atoms with Gasteiger partial charge in [0.2, 0.25) is 11.6 Å².